The summed E-state index contributed by atoms with van der Waals surface area (Å²) >= 11 is 0. The molecule has 4 aromatic heterocycles. The van der Waals surface area contributed by atoms with Crippen molar-refractivity contribution < 1.29 is 4.74 Å². The van der Waals surface area contributed by atoms with Crippen molar-refractivity contribution in [3.05, 3.63) is 76.9 Å². The highest BCUT2D eigenvalue weighted by Gasteiger charge is 2.25. The minimum atomic E-state index is -0.126. The summed E-state index contributed by atoms with van der Waals surface area (Å²) in [6, 6.07) is 11.2. The van der Waals surface area contributed by atoms with Crippen molar-refractivity contribution in [2.45, 2.75) is 25.4 Å². The van der Waals surface area contributed by atoms with Gasteiger partial charge in [0.15, 0.2) is 5.65 Å². The summed E-state index contributed by atoms with van der Waals surface area (Å²) in [4.78, 5) is 31.6. The Kier molecular flexibility index (Phi) is 4.89. The Bertz CT molecular complexity index is 1600. The first-order valence-electron chi connectivity index (χ1n) is 11.0. The molecular formula is C24H20N8O2. The normalized spacial score (nSPS) is 14.6. The van der Waals surface area contributed by atoms with Crippen molar-refractivity contribution in [3.63, 3.8) is 0 Å². The molecule has 0 unspecified atom stereocenters. The minimum Gasteiger partial charge on any atom is -0.381 e. The van der Waals surface area contributed by atoms with E-state index in [0.29, 0.717) is 42.4 Å². The second-order valence-electron chi connectivity index (χ2n) is 8.25. The first-order chi connectivity index (χ1) is 16.7. The lowest BCUT2D eigenvalue weighted by atomic mass is 10.1. The molecule has 10 nitrogen and oxygen atoms in total. The Hall–Kier alpha value is -4.36. The summed E-state index contributed by atoms with van der Waals surface area (Å²) in [5.41, 5.74) is 4.02. The molecule has 0 aliphatic carbocycles. The summed E-state index contributed by atoms with van der Waals surface area (Å²) in [6.45, 7) is 1.59. The second-order valence-corrected chi connectivity index (χ2v) is 8.25. The standard InChI is InChI=1S/C24H20N8O2/c25-11-16-3-4-19-20(10-16)31(15-28-19)23-27-13-21-22(29-23)32(18-5-8-34-9-6-18)24(33)30(21)14-17-2-1-7-26-12-17/h1-4,7,10,12-13,15,18H,5-6,8-9,14H2. The lowest BCUT2D eigenvalue weighted by Gasteiger charge is -2.22. The Labute approximate surface area is 193 Å². The number of pyridine rings is 1. The van der Waals surface area contributed by atoms with Gasteiger partial charge in [-0.2, -0.15) is 10.2 Å². The first kappa shape index (κ1) is 20.3. The fourth-order valence-electron chi connectivity index (χ4n) is 4.50. The molecule has 0 N–H and O–H groups in total. The molecule has 0 radical (unpaired) electrons. The monoisotopic (exact) mass is 452 g/mol. The molecule has 1 aliphatic heterocycles. The van der Waals surface area contributed by atoms with Crippen molar-refractivity contribution in [1.29, 1.82) is 5.26 Å². The fourth-order valence-corrected chi connectivity index (χ4v) is 4.50. The zero-order valence-corrected chi connectivity index (χ0v) is 18.2. The number of hydrogen-bond acceptors (Lipinski definition) is 7. The van der Waals surface area contributed by atoms with Crippen LogP contribution in [0.3, 0.4) is 0 Å². The van der Waals surface area contributed by atoms with Gasteiger partial charge in [0.25, 0.3) is 0 Å². The molecule has 0 saturated carbocycles. The molecule has 5 aromatic rings. The molecule has 10 heteroatoms. The van der Waals surface area contributed by atoms with E-state index in [9.17, 15) is 10.1 Å². The zero-order valence-electron chi connectivity index (χ0n) is 18.2. The molecule has 0 bridgehead atoms. The number of rotatable bonds is 4. The van der Waals surface area contributed by atoms with Crippen LogP contribution >= 0.6 is 0 Å². The molecule has 1 saturated heterocycles. The van der Waals surface area contributed by atoms with Crippen LogP contribution in [-0.4, -0.2) is 46.9 Å². The number of fused-ring (bicyclic) bond motifs is 2. The number of aromatic nitrogens is 7. The number of hydrogen-bond donors (Lipinski definition) is 0. The number of nitrogens with zero attached hydrogens (tertiary/aromatic N) is 8. The third-order valence-corrected chi connectivity index (χ3v) is 6.20. The van der Waals surface area contributed by atoms with E-state index in [1.807, 2.05) is 12.1 Å². The van der Waals surface area contributed by atoms with Crippen LogP contribution in [0.15, 0.2) is 60.0 Å². The van der Waals surface area contributed by atoms with Gasteiger partial charge in [-0.3, -0.25) is 18.7 Å². The number of ether oxygens (including phenoxy) is 1. The number of imidazole rings is 2. The number of nitriles is 1. The van der Waals surface area contributed by atoms with Crippen molar-refractivity contribution in [2.24, 2.45) is 0 Å². The molecule has 34 heavy (non-hydrogen) atoms. The van der Waals surface area contributed by atoms with Crippen molar-refractivity contribution in [2.75, 3.05) is 13.2 Å². The maximum absolute atomic E-state index is 13.6. The third-order valence-electron chi connectivity index (χ3n) is 6.20. The molecule has 168 valence electrons. The van der Waals surface area contributed by atoms with E-state index in [4.69, 9.17) is 9.72 Å². The van der Waals surface area contributed by atoms with Gasteiger partial charge in [0.2, 0.25) is 5.95 Å². The van der Waals surface area contributed by atoms with E-state index in [1.54, 1.807) is 56.8 Å². The van der Waals surface area contributed by atoms with Crippen LogP contribution in [0.25, 0.3) is 28.1 Å². The van der Waals surface area contributed by atoms with Gasteiger partial charge in [-0.1, -0.05) is 6.07 Å². The average molecular weight is 452 g/mol. The van der Waals surface area contributed by atoms with Crippen LogP contribution in [0.2, 0.25) is 0 Å². The first-order valence-corrected chi connectivity index (χ1v) is 11.0. The zero-order chi connectivity index (χ0) is 23.1. The quantitative estimate of drug-likeness (QED) is 0.411. The second kappa shape index (κ2) is 8.20. The smallest absolute Gasteiger partial charge is 0.330 e. The Morgan fingerprint density at radius 2 is 2.00 bits per heavy atom. The molecule has 0 amide bonds. The Morgan fingerprint density at radius 1 is 1.12 bits per heavy atom. The highest BCUT2D eigenvalue weighted by Crippen LogP contribution is 2.25. The molecular weight excluding hydrogens is 432 g/mol. The SMILES string of the molecule is N#Cc1ccc2ncn(-c3ncc4c(n3)n(C3CCOCC3)c(=O)n4Cc3cccnc3)c2c1. The van der Waals surface area contributed by atoms with Gasteiger partial charge in [0, 0.05) is 31.6 Å². The van der Waals surface area contributed by atoms with Crippen LogP contribution in [0.4, 0.5) is 0 Å². The van der Waals surface area contributed by atoms with Crippen LogP contribution in [-0.2, 0) is 11.3 Å². The lowest BCUT2D eigenvalue weighted by molar-refractivity contribution is 0.0695. The Morgan fingerprint density at radius 3 is 2.79 bits per heavy atom. The molecule has 1 aromatic carbocycles. The summed E-state index contributed by atoms with van der Waals surface area (Å²) in [7, 11) is 0. The summed E-state index contributed by atoms with van der Waals surface area (Å²) in [5.74, 6) is 0.393. The van der Waals surface area contributed by atoms with Crippen LogP contribution in [0.5, 0.6) is 0 Å². The summed E-state index contributed by atoms with van der Waals surface area (Å²) in [5, 5.41) is 9.31. The van der Waals surface area contributed by atoms with Gasteiger partial charge < -0.3 is 4.74 Å². The molecule has 1 fully saturated rings. The maximum atomic E-state index is 13.6. The molecule has 0 atom stereocenters. The van der Waals surface area contributed by atoms with Crippen LogP contribution < -0.4 is 5.69 Å². The van der Waals surface area contributed by atoms with E-state index in [2.05, 4.69) is 21.0 Å². The van der Waals surface area contributed by atoms with Crippen LogP contribution in [0, 0.1) is 11.3 Å². The van der Waals surface area contributed by atoms with Crippen molar-refractivity contribution in [1.82, 2.24) is 33.6 Å². The van der Waals surface area contributed by atoms with E-state index in [-0.39, 0.29) is 11.7 Å². The summed E-state index contributed by atoms with van der Waals surface area (Å²) < 4.78 is 10.7. The molecule has 0 spiro atoms. The van der Waals surface area contributed by atoms with Crippen molar-refractivity contribution in [3.8, 4) is 12.0 Å². The van der Waals surface area contributed by atoms with Gasteiger partial charge in [-0.05, 0) is 42.7 Å². The lowest BCUT2D eigenvalue weighted by Crippen LogP contribution is -2.31. The topological polar surface area (TPSA) is 116 Å². The van der Waals surface area contributed by atoms with Gasteiger partial charge in [-0.25, -0.2) is 14.8 Å². The van der Waals surface area contributed by atoms with Gasteiger partial charge in [0.1, 0.15) is 11.8 Å². The average Bonchev–Trinajstić information content (AvgIpc) is 3.43. The van der Waals surface area contributed by atoms with E-state index in [1.165, 1.54) is 0 Å². The number of benzene rings is 1. The highest BCUT2D eigenvalue weighted by atomic mass is 16.5. The third kappa shape index (κ3) is 3.34. The molecule has 6 rings (SSSR count). The predicted octanol–water partition coefficient (Wildman–Crippen LogP) is 2.60. The van der Waals surface area contributed by atoms with Crippen molar-refractivity contribution >= 4 is 22.2 Å². The van der Waals surface area contributed by atoms with E-state index >= 15 is 0 Å². The molecule has 1 aliphatic rings. The summed E-state index contributed by atoms with van der Waals surface area (Å²) in [6.07, 6.45) is 8.27. The fraction of sp³-hybridized carbons (Fsp3) is 0.250. The maximum Gasteiger partial charge on any atom is 0.330 e. The minimum absolute atomic E-state index is 0.00799. The predicted molar refractivity (Wildman–Crippen MR) is 124 cm³/mol. The van der Waals surface area contributed by atoms with E-state index < -0.39 is 0 Å². The molecule has 5 heterocycles. The van der Waals surface area contributed by atoms with Gasteiger partial charge in [0.05, 0.1) is 35.4 Å². The van der Waals surface area contributed by atoms with Crippen LogP contribution in [0.1, 0.15) is 30.0 Å². The van der Waals surface area contributed by atoms with Gasteiger partial charge in [-0.15, -0.1) is 0 Å². The van der Waals surface area contributed by atoms with E-state index in [0.717, 1.165) is 29.4 Å². The highest BCUT2D eigenvalue weighted by molar-refractivity contribution is 5.79. The van der Waals surface area contributed by atoms with Gasteiger partial charge >= 0.3 is 5.69 Å². The Balaban J connectivity index is 1.54. The largest absolute Gasteiger partial charge is 0.381 e.